The lowest BCUT2D eigenvalue weighted by atomic mass is 10.1. The van der Waals surface area contributed by atoms with Gasteiger partial charge in [-0.1, -0.05) is 12.1 Å². The predicted octanol–water partition coefficient (Wildman–Crippen LogP) is 3.59. The molecule has 2 aromatic rings. The van der Waals surface area contributed by atoms with Crippen LogP contribution < -0.4 is 15.0 Å². The lowest BCUT2D eigenvalue weighted by Crippen LogP contribution is -2.31. The zero-order chi connectivity index (χ0) is 19.2. The molecule has 1 heterocycles. The number of hydrogen-bond donors (Lipinski definition) is 1. The Morgan fingerprint density at radius 3 is 2.67 bits per heavy atom. The van der Waals surface area contributed by atoms with Crippen LogP contribution in [-0.2, 0) is 4.79 Å². The Hall–Kier alpha value is -2.47. The van der Waals surface area contributed by atoms with E-state index in [4.69, 9.17) is 4.74 Å². The number of carbonyl (C=O) groups is 2. The molecule has 0 aromatic heterocycles. The summed E-state index contributed by atoms with van der Waals surface area (Å²) in [4.78, 5) is 27.6. The number of ether oxygens (including phenoxy) is 1. The normalized spacial score (nSPS) is 16.4. The van der Waals surface area contributed by atoms with E-state index >= 15 is 0 Å². The van der Waals surface area contributed by atoms with Crippen LogP contribution in [0.1, 0.15) is 23.7 Å². The van der Waals surface area contributed by atoms with Gasteiger partial charge in [-0.15, -0.1) is 11.8 Å². The van der Waals surface area contributed by atoms with Crippen molar-refractivity contribution >= 4 is 29.3 Å². The minimum Gasteiger partial charge on any atom is -0.494 e. The first-order valence-electron chi connectivity index (χ1n) is 9.06. The fourth-order valence-corrected chi connectivity index (χ4v) is 3.82. The van der Waals surface area contributed by atoms with Crippen LogP contribution in [0.5, 0.6) is 5.75 Å². The molecule has 3 rings (SSSR count). The van der Waals surface area contributed by atoms with Crippen molar-refractivity contribution in [2.75, 3.05) is 30.9 Å². The summed E-state index contributed by atoms with van der Waals surface area (Å²) in [5.74, 6) is 0.897. The summed E-state index contributed by atoms with van der Waals surface area (Å²) in [6, 6.07) is 15.1. The number of anilines is 1. The van der Waals surface area contributed by atoms with Gasteiger partial charge < -0.3 is 15.0 Å². The van der Waals surface area contributed by atoms with Crippen molar-refractivity contribution in [1.29, 1.82) is 0 Å². The van der Waals surface area contributed by atoms with Gasteiger partial charge in [0.1, 0.15) is 5.75 Å². The molecule has 1 fully saturated rings. The highest BCUT2D eigenvalue weighted by Gasteiger charge is 2.30. The number of hydrogen-bond acceptors (Lipinski definition) is 4. The molecular formula is C21H24N2O3S. The standard InChI is InChI=1S/C21H24N2O3S/c1-3-26-17-10-8-16(9-11-17)23-14-15(12-20(23)24)13-22-21(25)18-6-4-5-7-19(18)27-2/h4-11,15H,3,12-14H2,1-2H3,(H,22,25). The minimum atomic E-state index is -0.0908. The van der Waals surface area contributed by atoms with E-state index in [1.165, 1.54) is 0 Å². The van der Waals surface area contributed by atoms with E-state index in [-0.39, 0.29) is 17.7 Å². The van der Waals surface area contributed by atoms with Crippen molar-refractivity contribution in [3.8, 4) is 5.75 Å². The van der Waals surface area contributed by atoms with Crippen LogP contribution in [0.25, 0.3) is 0 Å². The molecule has 0 radical (unpaired) electrons. The number of amides is 2. The van der Waals surface area contributed by atoms with Crippen LogP contribution in [0, 0.1) is 5.92 Å². The van der Waals surface area contributed by atoms with E-state index in [9.17, 15) is 9.59 Å². The van der Waals surface area contributed by atoms with Crippen LogP contribution >= 0.6 is 11.8 Å². The van der Waals surface area contributed by atoms with Crippen LogP contribution in [0.4, 0.5) is 5.69 Å². The maximum absolute atomic E-state index is 12.5. The Labute approximate surface area is 164 Å². The molecule has 1 aliphatic heterocycles. The van der Waals surface area contributed by atoms with Crippen molar-refractivity contribution in [2.24, 2.45) is 5.92 Å². The van der Waals surface area contributed by atoms with Crippen LogP contribution in [0.2, 0.25) is 0 Å². The maximum Gasteiger partial charge on any atom is 0.252 e. The van der Waals surface area contributed by atoms with Gasteiger partial charge in [0.2, 0.25) is 5.91 Å². The Balaban J connectivity index is 1.58. The predicted molar refractivity (Wildman–Crippen MR) is 109 cm³/mol. The van der Waals surface area contributed by atoms with Crippen molar-refractivity contribution < 1.29 is 14.3 Å². The summed E-state index contributed by atoms with van der Waals surface area (Å²) in [6.07, 6.45) is 2.40. The largest absolute Gasteiger partial charge is 0.494 e. The second-order valence-corrected chi connectivity index (χ2v) is 7.26. The fraction of sp³-hybridized carbons (Fsp3) is 0.333. The molecule has 2 amide bonds. The third kappa shape index (κ3) is 4.63. The number of nitrogens with zero attached hydrogens (tertiary/aromatic N) is 1. The van der Waals surface area contributed by atoms with Gasteiger partial charge in [0, 0.05) is 36.0 Å². The smallest absolute Gasteiger partial charge is 0.252 e. The molecule has 27 heavy (non-hydrogen) atoms. The second kappa shape index (κ2) is 8.95. The van der Waals surface area contributed by atoms with E-state index in [1.54, 1.807) is 16.7 Å². The van der Waals surface area contributed by atoms with Crippen LogP contribution in [-0.4, -0.2) is 37.8 Å². The van der Waals surface area contributed by atoms with Crippen LogP contribution in [0.15, 0.2) is 53.4 Å². The zero-order valence-corrected chi connectivity index (χ0v) is 16.4. The Morgan fingerprint density at radius 1 is 1.22 bits per heavy atom. The molecule has 0 spiro atoms. The molecular weight excluding hydrogens is 360 g/mol. The zero-order valence-electron chi connectivity index (χ0n) is 15.6. The maximum atomic E-state index is 12.5. The molecule has 0 saturated carbocycles. The van der Waals surface area contributed by atoms with E-state index in [0.29, 0.717) is 31.7 Å². The Bertz CT molecular complexity index is 807. The van der Waals surface area contributed by atoms with Crippen molar-refractivity contribution in [3.05, 3.63) is 54.1 Å². The molecule has 1 aliphatic rings. The third-order valence-electron chi connectivity index (χ3n) is 4.57. The van der Waals surface area contributed by atoms with Gasteiger partial charge in [-0.05, 0) is 49.6 Å². The third-order valence-corrected chi connectivity index (χ3v) is 5.36. The van der Waals surface area contributed by atoms with Gasteiger partial charge in [-0.25, -0.2) is 0 Å². The SMILES string of the molecule is CCOc1ccc(N2CC(CNC(=O)c3ccccc3SC)CC2=O)cc1. The summed E-state index contributed by atoms with van der Waals surface area (Å²) in [5, 5.41) is 2.98. The molecule has 2 aromatic carbocycles. The fourth-order valence-electron chi connectivity index (χ4n) is 3.22. The highest BCUT2D eigenvalue weighted by atomic mass is 32.2. The van der Waals surface area contributed by atoms with Crippen LogP contribution in [0.3, 0.4) is 0 Å². The Morgan fingerprint density at radius 2 is 1.96 bits per heavy atom. The van der Waals surface area contributed by atoms with Gasteiger partial charge in [-0.3, -0.25) is 9.59 Å². The van der Waals surface area contributed by atoms with Gasteiger partial charge in [-0.2, -0.15) is 0 Å². The molecule has 1 atom stereocenters. The first-order valence-corrected chi connectivity index (χ1v) is 10.3. The molecule has 1 N–H and O–H groups in total. The highest BCUT2D eigenvalue weighted by Crippen LogP contribution is 2.27. The summed E-state index contributed by atoms with van der Waals surface area (Å²) in [5.41, 5.74) is 1.54. The Kier molecular flexibility index (Phi) is 6.40. The molecule has 1 unspecified atom stereocenters. The average Bonchev–Trinajstić information content (AvgIpc) is 3.07. The molecule has 1 saturated heterocycles. The summed E-state index contributed by atoms with van der Waals surface area (Å²) < 4.78 is 5.44. The molecule has 5 nitrogen and oxygen atoms in total. The summed E-state index contributed by atoms with van der Waals surface area (Å²) >= 11 is 1.55. The van der Waals surface area contributed by atoms with E-state index in [2.05, 4.69) is 5.32 Å². The topological polar surface area (TPSA) is 58.6 Å². The average molecular weight is 385 g/mol. The number of rotatable bonds is 7. The lowest BCUT2D eigenvalue weighted by Gasteiger charge is -2.17. The van der Waals surface area contributed by atoms with E-state index in [1.807, 2.05) is 61.7 Å². The minimum absolute atomic E-state index is 0.0860. The molecule has 0 bridgehead atoms. The number of thioether (sulfide) groups is 1. The first kappa shape index (κ1) is 19.3. The second-order valence-electron chi connectivity index (χ2n) is 6.41. The highest BCUT2D eigenvalue weighted by molar-refractivity contribution is 7.98. The summed E-state index contributed by atoms with van der Waals surface area (Å²) in [7, 11) is 0. The van der Waals surface area contributed by atoms with Gasteiger partial charge in [0.05, 0.1) is 12.2 Å². The van der Waals surface area contributed by atoms with E-state index in [0.717, 1.165) is 16.3 Å². The van der Waals surface area contributed by atoms with Crippen molar-refractivity contribution in [1.82, 2.24) is 5.32 Å². The molecule has 142 valence electrons. The van der Waals surface area contributed by atoms with Crippen molar-refractivity contribution in [2.45, 2.75) is 18.2 Å². The lowest BCUT2D eigenvalue weighted by molar-refractivity contribution is -0.117. The molecule has 0 aliphatic carbocycles. The number of benzene rings is 2. The van der Waals surface area contributed by atoms with Gasteiger partial charge >= 0.3 is 0 Å². The first-order chi connectivity index (χ1) is 13.1. The summed E-state index contributed by atoms with van der Waals surface area (Å²) in [6.45, 7) is 3.65. The van der Waals surface area contributed by atoms with Crippen molar-refractivity contribution in [3.63, 3.8) is 0 Å². The number of nitrogens with one attached hydrogen (secondary N) is 1. The molecule has 6 heteroatoms. The van der Waals surface area contributed by atoms with Gasteiger partial charge in [0.15, 0.2) is 0 Å². The monoisotopic (exact) mass is 384 g/mol. The van der Waals surface area contributed by atoms with Gasteiger partial charge in [0.25, 0.3) is 5.91 Å². The van der Waals surface area contributed by atoms with E-state index < -0.39 is 0 Å². The quantitative estimate of drug-likeness (QED) is 0.741. The number of carbonyl (C=O) groups excluding carboxylic acids is 2.